The van der Waals surface area contributed by atoms with Gasteiger partial charge in [0.2, 0.25) is 6.79 Å². The van der Waals surface area contributed by atoms with Crippen molar-refractivity contribution < 1.29 is 28.5 Å². The van der Waals surface area contributed by atoms with Gasteiger partial charge in [-0.3, -0.25) is 0 Å². The van der Waals surface area contributed by atoms with Crippen molar-refractivity contribution in [2.75, 3.05) is 27.6 Å². The van der Waals surface area contributed by atoms with Gasteiger partial charge in [-0.1, -0.05) is 6.07 Å². The lowest BCUT2D eigenvalue weighted by atomic mass is 9.86. The highest BCUT2D eigenvalue weighted by Crippen LogP contribution is 2.35. The summed E-state index contributed by atoms with van der Waals surface area (Å²) in [6.45, 7) is 0.671. The van der Waals surface area contributed by atoms with E-state index in [-0.39, 0.29) is 18.7 Å². The SMILES string of the molecule is COc1cc(/C=C2\C(=O)OCC[C@@H]2Cc2ccc3c(c2)OCO3)cc(OC)c1. The molecule has 2 heterocycles. The average molecular weight is 382 g/mol. The van der Waals surface area contributed by atoms with Crippen LogP contribution in [-0.4, -0.2) is 33.6 Å². The van der Waals surface area contributed by atoms with Gasteiger partial charge in [0.25, 0.3) is 0 Å². The maximum absolute atomic E-state index is 12.5. The molecule has 1 saturated heterocycles. The Hall–Kier alpha value is -3.15. The smallest absolute Gasteiger partial charge is 0.334 e. The van der Waals surface area contributed by atoms with Crippen LogP contribution >= 0.6 is 0 Å². The number of esters is 1. The van der Waals surface area contributed by atoms with Crippen molar-refractivity contribution in [2.24, 2.45) is 5.92 Å². The van der Waals surface area contributed by atoms with Crippen molar-refractivity contribution in [3.8, 4) is 23.0 Å². The minimum absolute atomic E-state index is 0.0545. The molecule has 0 bridgehead atoms. The topological polar surface area (TPSA) is 63.2 Å². The molecule has 2 aromatic carbocycles. The number of carbonyl (C=O) groups is 1. The van der Waals surface area contributed by atoms with E-state index in [1.165, 1.54) is 0 Å². The minimum atomic E-state index is -0.279. The Morgan fingerprint density at radius 2 is 1.75 bits per heavy atom. The highest BCUT2D eigenvalue weighted by Gasteiger charge is 2.28. The lowest BCUT2D eigenvalue weighted by molar-refractivity contribution is -0.142. The average Bonchev–Trinajstić information content (AvgIpc) is 3.18. The van der Waals surface area contributed by atoms with Gasteiger partial charge in [0.05, 0.1) is 20.8 Å². The molecular formula is C22H22O6. The summed E-state index contributed by atoms with van der Waals surface area (Å²) in [6, 6.07) is 11.4. The Morgan fingerprint density at radius 3 is 2.50 bits per heavy atom. The third kappa shape index (κ3) is 3.76. The molecule has 0 amide bonds. The standard InChI is InChI=1S/C22H22O6/c1-24-17-8-15(9-18(12-17)25-2)10-19-16(5-6-26-22(19)23)7-14-3-4-20-21(11-14)28-13-27-20/h3-4,8-12,16H,5-7,13H2,1-2H3/b19-10-/t16-/m1/s1. The van der Waals surface area contributed by atoms with E-state index >= 15 is 0 Å². The second-order valence-corrected chi connectivity index (χ2v) is 6.76. The van der Waals surface area contributed by atoms with Gasteiger partial charge in [0.1, 0.15) is 11.5 Å². The predicted molar refractivity (Wildman–Crippen MR) is 103 cm³/mol. The van der Waals surface area contributed by atoms with E-state index in [9.17, 15) is 4.79 Å². The highest BCUT2D eigenvalue weighted by atomic mass is 16.7. The zero-order chi connectivity index (χ0) is 19.5. The van der Waals surface area contributed by atoms with E-state index in [0.717, 1.165) is 35.5 Å². The summed E-state index contributed by atoms with van der Waals surface area (Å²) in [6.07, 6.45) is 3.36. The second kappa shape index (κ2) is 7.84. The quantitative estimate of drug-likeness (QED) is 0.581. The Morgan fingerprint density at radius 1 is 1.00 bits per heavy atom. The Bertz CT molecular complexity index is 895. The monoisotopic (exact) mass is 382 g/mol. The van der Waals surface area contributed by atoms with Gasteiger partial charge in [-0.2, -0.15) is 0 Å². The number of fused-ring (bicyclic) bond motifs is 1. The zero-order valence-electron chi connectivity index (χ0n) is 15.9. The molecule has 0 radical (unpaired) electrons. The molecule has 0 unspecified atom stereocenters. The van der Waals surface area contributed by atoms with Gasteiger partial charge < -0.3 is 23.7 Å². The van der Waals surface area contributed by atoms with E-state index in [1.807, 2.05) is 36.4 Å². The molecular weight excluding hydrogens is 360 g/mol. The first-order valence-corrected chi connectivity index (χ1v) is 9.16. The van der Waals surface area contributed by atoms with Crippen LogP contribution in [0.4, 0.5) is 0 Å². The van der Waals surface area contributed by atoms with Crippen molar-refractivity contribution in [1.82, 2.24) is 0 Å². The summed E-state index contributed by atoms with van der Waals surface area (Å²) < 4.78 is 26.8. The fraction of sp³-hybridized carbons (Fsp3) is 0.318. The molecule has 0 saturated carbocycles. The molecule has 2 aliphatic rings. The van der Waals surface area contributed by atoms with Gasteiger partial charge in [0.15, 0.2) is 11.5 Å². The van der Waals surface area contributed by atoms with Gasteiger partial charge in [-0.25, -0.2) is 4.79 Å². The van der Waals surface area contributed by atoms with Crippen LogP contribution in [0.15, 0.2) is 42.0 Å². The zero-order valence-corrected chi connectivity index (χ0v) is 15.9. The molecule has 0 aliphatic carbocycles. The first kappa shape index (κ1) is 18.2. The Balaban J connectivity index is 1.63. The first-order valence-electron chi connectivity index (χ1n) is 9.16. The molecule has 146 valence electrons. The number of carbonyl (C=O) groups excluding carboxylic acids is 1. The maximum atomic E-state index is 12.5. The van der Waals surface area contributed by atoms with E-state index in [2.05, 4.69) is 0 Å². The molecule has 0 N–H and O–H groups in total. The number of rotatable bonds is 5. The third-order valence-electron chi connectivity index (χ3n) is 4.99. The van der Waals surface area contributed by atoms with Crippen LogP contribution < -0.4 is 18.9 Å². The Kier molecular flexibility index (Phi) is 5.10. The molecule has 2 aromatic rings. The normalized spacial score (nSPS) is 19.4. The van der Waals surface area contributed by atoms with Gasteiger partial charge in [0, 0.05) is 11.6 Å². The summed E-state index contributed by atoms with van der Waals surface area (Å²) in [5, 5.41) is 0. The van der Waals surface area contributed by atoms with Crippen LogP contribution in [0.25, 0.3) is 6.08 Å². The number of hydrogen-bond acceptors (Lipinski definition) is 6. The third-order valence-corrected chi connectivity index (χ3v) is 4.99. The molecule has 0 aromatic heterocycles. The fourth-order valence-electron chi connectivity index (χ4n) is 3.53. The van der Waals surface area contributed by atoms with Crippen LogP contribution in [0, 0.1) is 5.92 Å². The van der Waals surface area contributed by atoms with Gasteiger partial charge >= 0.3 is 5.97 Å². The molecule has 2 aliphatic heterocycles. The number of hydrogen-bond donors (Lipinski definition) is 0. The second-order valence-electron chi connectivity index (χ2n) is 6.76. The van der Waals surface area contributed by atoms with Crippen LogP contribution in [0.3, 0.4) is 0 Å². The van der Waals surface area contributed by atoms with Crippen molar-refractivity contribution >= 4 is 12.0 Å². The maximum Gasteiger partial charge on any atom is 0.334 e. The summed E-state index contributed by atoms with van der Waals surface area (Å²) in [7, 11) is 3.20. The van der Waals surface area contributed by atoms with Gasteiger partial charge in [-0.05, 0) is 60.2 Å². The van der Waals surface area contributed by atoms with Crippen molar-refractivity contribution in [3.05, 3.63) is 53.1 Å². The highest BCUT2D eigenvalue weighted by molar-refractivity contribution is 5.95. The molecule has 6 nitrogen and oxygen atoms in total. The fourth-order valence-corrected chi connectivity index (χ4v) is 3.53. The van der Waals surface area contributed by atoms with Crippen LogP contribution in [0.5, 0.6) is 23.0 Å². The number of ether oxygens (including phenoxy) is 5. The summed E-state index contributed by atoms with van der Waals surface area (Å²) >= 11 is 0. The largest absolute Gasteiger partial charge is 0.497 e. The van der Waals surface area contributed by atoms with Crippen molar-refractivity contribution in [3.63, 3.8) is 0 Å². The van der Waals surface area contributed by atoms with E-state index in [0.29, 0.717) is 23.7 Å². The van der Waals surface area contributed by atoms with Crippen molar-refractivity contribution in [2.45, 2.75) is 12.8 Å². The molecule has 4 rings (SSSR count). The van der Waals surface area contributed by atoms with Crippen LogP contribution in [0.1, 0.15) is 17.5 Å². The van der Waals surface area contributed by atoms with Crippen LogP contribution in [-0.2, 0) is 16.0 Å². The number of benzene rings is 2. The van der Waals surface area contributed by atoms with E-state index in [4.69, 9.17) is 23.7 Å². The summed E-state index contributed by atoms with van der Waals surface area (Å²) in [5.74, 6) is 2.62. The number of methoxy groups -OCH3 is 2. The molecule has 28 heavy (non-hydrogen) atoms. The van der Waals surface area contributed by atoms with Gasteiger partial charge in [-0.15, -0.1) is 0 Å². The summed E-state index contributed by atoms with van der Waals surface area (Å²) in [5.41, 5.74) is 2.58. The Labute approximate surface area is 163 Å². The lowest BCUT2D eigenvalue weighted by Gasteiger charge is -2.25. The predicted octanol–water partition coefficient (Wildman–Crippen LogP) is 3.62. The van der Waals surface area contributed by atoms with E-state index in [1.54, 1.807) is 20.3 Å². The van der Waals surface area contributed by atoms with E-state index < -0.39 is 0 Å². The minimum Gasteiger partial charge on any atom is -0.497 e. The first-order chi connectivity index (χ1) is 13.7. The van der Waals surface area contributed by atoms with Crippen LogP contribution in [0.2, 0.25) is 0 Å². The van der Waals surface area contributed by atoms with Crippen molar-refractivity contribution in [1.29, 1.82) is 0 Å². The molecule has 6 heteroatoms. The summed E-state index contributed by atoms with van der Waals surface area (Å²) in [4.78, 5) is 12.5. The molecule has 1 atom stereocenters. The molecule has 1 fully saturated rings. The number of cyclic esters (lactones) is 1. The lowest BCUT2D eigenvalue weighted by Crippen LogP contribution is -2.25. The molecule has 0 spiro atoms.